The van der Waals surface area contributed by atoms with Crippen molar-refractivity contribution < 1.29 is 9.47 Å². The number of ether oxygens (including phenoxy) is 2. The molecule has 1 aliphatic heterocycles. The average molecular weight is 270 g/mol. The minimum atomic E-state index is 0.422. The van der Waals surface area contributed by atoms with E-state index in [1.807, 2.05) is 6.07 Å². The largest absolute Gasteiger partial charge is 0.486 e. The van der Waals surface area contributed by atoms with E-state index in [2.05, 4.69) is 9.36 Å². The minimum absolute atomic E-state index is 0.422. The highest BCUT2D eigenvalue weighted by molar-refractivity contribution is 7.09. The first-order valence-corrected chi connectivity index (χ1v) is 6.08. The molecule has 0 saturated heterocycles. The lowest BCUT2D eigenvalue weighted by molar-refractivity contribution is 0.172. The normalized spacial score (nSPS) is 13.7. The van der Waals surface area contributed by atoms with Crippen LogP contribution in [0.5, 0.6) is 11.5 Å². The van der Waals surface area contributed by atoms with Crippen molar-refractivity contribution in [2.45, 2.75) is 0 Å². The molecule has 0 spiro atoms. The Hall–Kier alpha value is -1.53. The predicted octanol–water partition coefficient (Wildman–Crippen LogP) is 2.21. The monoisotopic (exact) mass is 269 g/mol. The van der Waals surface area contributed by atoms with Crippen molar-refractivity contribution in [3.8, 4) is 22.9 Å². The molecule has 17 heavy (non-hydrogen) atoms. The lowest BCUT2D eigenvalue weighted by Gasteiger charge is -2.19. The van der Waals surface area contributed by atoms with Crippen LogP contribution in [-0.2, 0) is 0 Å². The van der Waals surface area contributed by atoms with Crippen molar-refractivity contribution in [1.82, 2.24) is 9.36 Å². The summed E-state index contributed by atoms with van der Waals surface area (Å²) in [5.74, 6) is 1.74. The quantitative estimate of drug-likeness (QED) is 0.859. The fourth-order valence-corrected chi connectivity index (χ4v) is 2.31. The van der Waals surface area contributed by atoms with Gasteiger partial charge in [0.15, 0.2) is 22.5 Å². The molecule has 1 aliphatic rings. The van der Waals surface area contributed by atoms with Crippen LogP contribution in [0.4, 0.5) is 5.13 Å². The van der Waals surface area contributed by atoms with Crippen LogP contribution < -0.4 is 15.2 Å². The van der Waals surface area contributed by atoms with Gasteiger partial charge in [-0.25, -0.2) is 0 Å². The topological polar surface area (TPSA) is 70.3 Å². The summed E-state index contributed by atoms with van der Waals surface area (Å²) in [5.41, 5.74) is 6.32. The van der Waals surface area contributed by atoms with Gasteiger partial charge in [-0.2, -0.15) is 9.36 Å². The molecule has 1 aromatic carbocycles. The Balaban J connectivity index is 2.10. The summed E-state index contributed by atoms with van der Waals surface area (Å²) in [5, 5.41) is 0.914. The summed E-state index contributed by atoms with van der Waals surface area (Å²) in [6.45, 7) is 1.02. The smallest absolute Gasteiger partial charge is 0.200 e. The number of rotatable bonds is 1. The molecular formula is C10H8ClN3O2S. The average Bonchev–Trinajstić information content (AvgIpc) is 2.76. The maximum Gasteiger partial charge on any atom is 0.200 e. The molecule has 2 heterocycles. The molecule has 0 saturated carbocycles. The van der Waals surface area contributed by atoms with Crippen LogP contribution in [0.25, 0.3) is 11.4 Å². The fourth-order valence-electron chi connectivity index (χ4n) is 1.59. The highest BCUT2D eigenvalue weighted by Crippen LogP contribution is 2.40. The molecule has 0 aliphatic carbocycles. The van der Waals surface area contributed by atoms with E-state index in [-0.39, 0.29) is 0 Å². The van der Waals surface area contributed by atoms with Crippen LogP contribution in [0.3, 0.4) is 0 Å². The summed E-state index contributed by atoms with van der Waals surface area (Å²) < 4.78 is 15.0. The number of fused-ring (bicyclic) bond motifs is 1. The van der Waals surface area contributed by atoms with Gasteiger partial charge in [0.05, 0.1) is 5.02 Å². The first-order valence-electron chi connectivity index (χ1n) is 4.93. The molecule has 0 fully saturated rings. The molecule has 0 unspecified atom stereocenters. The number of hydrogen-bond donors (Lipinski definition) is 1. The van der Waals surface area contributed by atoms with E-state index in [0.717, 1.165) is 17.1 Å². The molecule has 7 heteroatoms. The van der Waals surface area contributed by atoms with Crippen molar-refractivity contribution in [2.75, 3.05) is 18.9 Å². The van der Waals surface area contributed by atoms with E-state index < -0.39 is 0 Å². The van der Waals surface area contributed by atoms with Crippen LogP contribution in [-0.4, -0.2) is 22.6 Å². The minimum Gasteiger partial charge on any atom is -0.486 e. The number of nitrogens with zero attached hydrogens (tertiary/aromatic N) is 2. The van der Waals surface area contributed by atoms with Crippen molar-refractivity contribution in [1.29, 1.82) is 0 Å². The van der Waals surface area contributed by atoms with E-state index in [4.69, 9.17) is 26.8 Å². The van der Waals surface area contributed by atoms with Gasteiger partial charge in [0.1, 0.15) is 13.2 Å². The molecule has 88 valence electrons. The first-order chi connectivity index (χ1) is 8.24. The number of hydrogen-bond acceptors (Lipinski definition) is 6. The van der Waals surface area contributed by atoms with Crippen LogP contribution in [0.15, 0.2) is 12.1 Å². The van der Waals surface area contributed by atoms with Gasteiger partial charge in [-0.05, 0) is 12.1 Å². The van der Waals surface area contributed by atoms with Gasteiger partial charge in [0.2, 0.25) is 0 Å². The van der Waals surface area contributed by atoms with Gasteiger partial charge in [0, 0.05) is 17.1 Å². The second-order valence-electron chi connectivity index (χ2n) is 3.44. The Bertz CT molecular complexity index is 573. The molecule has 0 bridgehead atoms. The highest BCUT2D eigenvalue weighted by atomic mass is 35.5. The van der Waals surface area contributed by atoms with Gasteiger partial charge in [-0.3, -0.25) is 0 Å². The van der Waals surface area contributed by atoms with Crippen LogP contribution in [0.2, 0.25) is 5.02 Å². The molecule has 0 amide bonds. The summed E-state index contributed by atoms with van der Waals surface area (Å²) in [6, 6.07) is 3.55. The molecule has 5 nitrogen and oxygen atoms in total. The standard InChI is InChI=1S/C10H8ClN3O2S/c11-6-3-5(9-13-10(12)17-14-9)4-7-8(6)16-2-1-15-7/h3-4H,1-2H2,(H2,12,13,14). The van der Waals surface area contributed by atoms with Crippen LogP contribution in [0.1, 0.15) is 0 Å². The maximum atomic E-state index is 6.12. The van der Waals surface area contributed by atoms with Gasteiger partial charge in [-0.1, -0.05) is 11.6 Å². The SMILES string of the molecule is Nc1nc(-c2cc(Cl)c3c(c2)OCCO3)ns1. The molecule has 3 rings (SSSR count). The number of nitrogens with two attached hydrogens (primary N) is 1. The van der Waals surface area contributed by atoms with E-state index >= 15 is 0 Å². The second kappa shape index (κ2) is 4.05. The molecule has 0 atom stereocenters. The lowest BCUT2D eigenvalue weighted by atomic mass is 10.2. The second-order valence-corrected chi connectivity index (χ2v) is 4.63. The summed E-state index contributed by atoms with van der Waals surface area (Å²) >= 11 is 7.26. The third-order valence-electron chi connectivity index (χ3n) is 2.30. The van der Waals surface area contributed by atoms with Gasteiger partial charge in [0.25, 0.3) is 0 Å². The number of benzene rings is 1. The van der Waals surface area contributed by atoms with Crippen molar-refractivity contribution in [2.24, 2.45) is 0 Å². The third-order valence-corrected chi connectivity index (χ3v) is 3.12. The Labute approximate surface area is 106 Å². The molecular weight excluding hydrogens is 262 g/mol. The van der Waals surface area contributed by atoms with E-state index in [9.17, 15) is 0 Å². The predicted molar refractivity (Wildman–Crippen MR) is 65.8 cm³/mol. The number of anilines is 1. The summed E-state index contributed by atoms with van der Waals surface area (Å²) in [6.07, 6.45) is 0. The van der Waals surface area contributed by atoms with E-state index in [1.54, 1.807) is 6.07 Å². The molecule has 0 radical (unpaired) electrons. The molecule has 2 aromatic rings. The Morgan fingerprint density at radius 1 is 1.29 bits per heavy atom. The summed E-state index contributed by atoms with van der Waals surface area (Å²) in [7, 11) is 0. The van der Waals surface area contributed by atoms with E-state index in [0.29, 0.717) is 40.7 Å². The van der Waals surface area contributed by atoms with Gasteiger partial charge in [-0.15, -0.1) is 0 Å². The Kier molecular flexibility index (Phi) is 2.53. The number of nitrogen functional groups attached to an aromatic ring is 1. The number of halogens is 1. The van der Waals surface area contributed by atoms with Gasteiger partial charge < -0.3 is 15.2 Å². The van der Waals surface area contributed by atoms with Gasteiger partial charge >= 0.3 is 0 Å². The Morgan fingerprint density at radius 2 is 2.12 bits per heavy atom. The number of aromatic nitrogens is 2. The Morgan fingerprint density at radius 3 is 2.88 bits per heavy atom. The summed E-state index contributed by atoms with van der Waals surface area (Å²) in [4.78, 5) is 4.10. The van der Waals surface area contributed by atoms with Crippen LogP contribution >= 0.6 is 23.1 Å². The van der Waals surface area contributed by atoms with Crippen molar-refractivity contribution >= 4 is 28.3 Å². The molecule has 2 N–H and O–H groups in total. The van der Waals surface area contributed by atoms with E-state index in [1.165, 1.54) is 0 Å². The third kappa shape index (κ3) is 1.89. The first kappa shape index (κ1) is 10.6. The lowest BCUT2D eigenvalue weighted by Crippen LogP contribution is -2.15. The molecule has 1 aromatic heterocycles. The zero-order valence-corrected chi connectivity index (χ0v) is 10.2. The fraction of sp³-hybridized carbons (Fsp3) is 0.200. The zero-order valence-electron chi connectivity index (χ0n) is 8.64. The zero-order chi connectivity index (χ0) is 11.8. The van der Waals surface area contributed by atoms with Crippen LogP contribution in [0, 0.1) is 0 Å². The van der Waals surface area contributed by atoms with Crippen molar-refractivity contribution in [3.63, 3.8) is 0 Å². The maximum absolute atomic E-state index is 6.12. The van der Waals surface area contributed by atoms with Crippen molar-refractivity contribution in [3.05, 3.63) is 17.2 Å². The highest BCUT2D eigenvalue weighted by Gasteiger charge is 2.18.